The molecule has 0 aliphatic rings. The third-order valence-corrected chi connectivity index (χ3v) is 4.26. The van der Waals surface area contributed by atoms with Gasteiger partial charge in [0.1, 0.15) is 11.3 Å². The van der Waals surface area contributed by atoms with Crippen molar-refractivity contribution in [2.24, 2.45) is 0 Å². The van der Waals surface area contributed by atoms with Gasteiger partial charge in [0.2, 0.25) is 0 Å². The van der Waals surface area contributed by atoms with Gasteiger partial charge in [0.05, 0.1) is 17.9 Å². The maximum atomic E-state index is 12.9. The van der Waals surface area contributed by atoms with Crippen LogP contribution in [-0.2, 0) is 11.2 Å². The first kappa shape index (κ1) is 18.6. The summed E-state index contributed by atoms with van der Waals surface area (Å²) >= 11 is 0. The lowest BCUT2D eigenvalue weighted by Crippen LogP contribution is -2.17. The number of anilines is 1. The lowest BCUT2D eigenvalue weighted by molar-refractivity contribution is 0.0505. The number of aromatic nitrogens is 2. The number of pyridine rings is 1. The van der Waals surface area contributed by atoms with Crippen molar-refractivity contribution in [3.63, 3.8) is 0 Å². The van der Waals surface area contributed by atoms with Crippen molar-refractivity contribution >= 4 is 23.2 Å². The van der Waals surface area contributed by atoms with E-state index in [0.29, 0.717) is 30.0 Å². The summed E-state index contributed by atoms with van der Waals surface area (Å²) in [6.07, 6.45) is 3.24. The number of nitrogens with one attached hydrogen (secondary N) is 1. The third kappa shape index (κ3) is 3.84. The molecule has 0 atom stereocenters. The van der Waals surface area contributed by atoms with Crippen molar-refractivity contribution in [1.29, 1.82) is 0 Å². The summed E-state index contributed by atoms with van der Waals surface area (Å²) in [5, 5.41) is 2.87. The molecule has 1 amide bonds. The zero-order valence-corrected chi connectivity index (χ0v) is 15.8. The van der Waals surface area contributed by atoms with Crippen LogP contribution >= 0.6 is 0 Å². The molecule has 0 saturated heterocycles. The minimum absolute atomic E-state index is 0.260. The number of esters is 1. The molecule has 1 N–H and O–H groups in total. The molecule has 6 heteroatoms. The highest BCUT2D eigenvalue weighted by Crippen LogP contribution is 2.19. The zero-order chi connectivity index (χ0) is 19.4. The molecule has 1 aromatic carbocycles. The van der Waals surface area contributed by atoms with Gasteiger partial charge >= 0.3 is 5.97 Å². The smallest absolute Gasteiger partial charge is 0.338 e. The molecular weight excluding hydrogens is 342 g/mol. The number of hydrogen-bond acceptors (Lipinski definition) is 4. The van der Waals surface area contributed by atoms with Crippen LogP contribution in [0.3, 0.4) is 0 Å². The monoisotopic (exact) mass is 365 g/mol. The van der Waals surface area contributed by atoms with E-state index in [1.165, 1.54) is 0 Å². The van der Waals surface area contributed by atoms with Crippen molar-refractivity contribution in [1.82, 2.24) is 9.38 Å². The van der Waals surface area contributed by atoms with E-state index < -0.39 is 5.97 Å². The van der Waals surface area contributed by atoms with Crippen LogP contribution in [0, 0.1) is 6.92 Å². The minimum atomic E-state index is -0.396. The Kier molecular flexibility index (Phi) is 5.54. The van der Waals surface area contributed by atoms with Gasteiger partial charge in [-0.2, -0.15) is 0 Å². The second-order valence-corrected chi connectivity index (χ2v) is 6.32. The Morgan fingerprint density at radius 2 is 2.00 bits per heavy atom. The van der Waals surface area contributed by atoms with E-state index in [1.54, 1.807) is 24.3 Å². The van der Waals surface area contributed by atoms with Crippen LogP contribution in [-0.4, -0.2) is 27.9 Å². The molecule has 0 aliphatic heterocycles. The molecular formula is C21H23N3O3. The van der Waals surface area contributed by atoms with Gasteiger partial charge < -0.3 is 10.1 Å². The number of hydrogen-bond donors (Lipinski definition) is 1. The summed E-state index contributed by atoms with van der Waals surface area (Å²) in [4.78, 5) is 29.6. The molecule has 2 aromatic heterocycles. The van der Waals surface area contributed by atoms with Crippen LogP contribution in [0.15, 0.2) is 42.6 Å². The molecule has 0 unspecified atom stereocenters. The molecule has 27 heavy (non-hydrogen) atoms. The summed E-state index contributed by atoms with van der Waals surface area (Å²) in [6, 6.07) is 10.6. The maximum Gasteiger partial charge on any atom is 0.338 e. The van der Waals surface area contributed by atoms with Crippen LogP contribution in [0.5, 0.6) is 0 Å². The second-order valence-electron chi connectivity index (χ2n) is 6.32. The lowest BCUT2D eigenvalue weighted by Gasteiger charge is -2.09. The van der Waals surface area contributed by atoms with Gasteiger partial charge in [0.15, 0.2) is 0 Å². The van der Waals surface area contributed by atoms with E-state index in [4.69, 9.17) is 4.74 Å². The number of fused-ring (bicyclic) bond motifs is 1. The van der Waals surface area contributed by atoms with E-state index in [2.05, 4.69) is 10.3 Å². The van der Waals surface area contributed by atoms with Crippen LogP contribution in [0.25, 0.3) is 5.65 Å². The normalized spacial score (nSPS) is 10.8. The van der Waals surface area contributed by atoms with E-state index in [0.717, 1.165) is 23.3 Å². The summed E-state index contributed by atoms with van der Waals surface area (Å²) in [7, 11) is 0. The number of carbonyl (C=O) groups is 2. The van der Waals surface area contributed by atoms with Gasteiger partial charge in [-0.15, -0.1) is 0 Å². The Hall–Kier alpha value is -3.15. The van der Waals surface area contributed by atoms with E-state index in [9.17, 15) is 9.59 Å². The molecule has 0 radical (unpaired) electrons. The number of aryl methyl sites for hydroxylation is 2. The first-order valence-corrected chi connectivity index (χ1v) is 9.10. The molecule has 6 nitrogen and oxygen atoms in total. The SMILES string of the molecule is CCCOC(=O)c1cccc(NC(=O)c2c(CC)nc3c(C)cccn23)c1. The molecule has 0 aliphatic carbocycles. The third-order valence-electron chi connectivity index (χ3n) is 4.26. The molecule has 3 aromatic rings. The van der Waals surface area contributed by atoms with Crippen molar-refractivity contribution in [2.75, 3.05) is 11.9 Å². The fraction of sp³-hybridized carbons (Fsp3) is 0.286. The number of imidazole rings is 1. The first-order chi connectivity index (χ1) is 13.0. The number of rotatable bonds is 6. The number of ether oxygens (including phenoxy) is 1. The van der Waals surface area contributed by atoms with Crippen LogP contribution in [0.1, 0.15) is 52.4 Å². The predicted molar refractivity (Wildman–Crippen MR) is 104 cm³/mol. The first-order valence-electron chi connectivity index (χ1n) is 9.10. The van der Waals surface area contributed by atoms with E-state index in [-0.39, 0.29) is 5.91 Å². The molecule has 0 spiro atoms. The number of benzene rings is 1. The van der Waals surface area contributed by atoms with E-state index >= 15 is 0 Å². The summed E-state index contributed by atoms with van der Waals surface area (Å²) < 4.78 is 6.96. The second kappa shape index (κ2) is 8.03. The standard InChI is InChI=1S/C21H23N3O3/c1-4-12-27-21(26)15-9-6-10-16(13-15)22-20(25)18-17(5-2)23-19-14(3)8-7-11-24(18)19/h6-11,13H,4-5,12H2,1-3H3,(H,22,25). The quantitative estimate of drug-likeness (QED) is 0.670. The maximum absolute atomic E-state index is 12.9. The van der Waals surface area contributed by atoms with E-state index in [1.807, 2.05) is 43.5 Å². The molecule has 2 heterocycles. The van der Waals surface area contributed by atoms with Crippen LogP contribution < -0.4 is 5.32 Å². The number of carbonyl (C=O) groups excluding carboxylic acids is 2. The van der Waals surface area contributed by atoms with Crippen molar-refractivity contribution in [3.8, 4) is 0 Å². The highest BCUT2D eigenvalue weighted by Gasteiger charge is 2.19. The Morgan fingerprint density at radius 3 is 2.74 bits per heavy atom. The zero-order valence-electron chi connectivity index (χ0n) is 15.8. The topological polar surface area (TPSA) is 72.7 Å². The predicted octanol–water partition coefficient (Wildman–Crippen LogP) is 4.02. The molecule has 0 fully saturated rings. The molecule has 140 valence electrons. The summed E-state index contributed by atoms with van der Waals surface area (Å²) in [5.74, 6) is -0.656. The average Bonchev–Trinajstić information content (AvgIpc) is 3.06. The average molecular weight is 365 g/mol. The molecule has 3 rings (SSSR count). The minimum Gasteiger partial charge on any atom is -0.462 e. The van der Waals surface area contributed by atoms with Gasteiger partial charge in [-0.1, -0.05) is 26.0 Å². The summed E-state index contributed by atoms with van der Waals surface area (Å²) in [6.45, 7) is 6.25. The van der Waals surface area contributed by atoms with Crippen LogP contribution in [0.2, 0.25) is 0 Å². The van der Waals surface area contributed by atoms with Crippen LogP contribution in [0.4, 0.5) is 5.69 Å². The van der Waals surface area contributed by atoms with Gasteiger partial charge in [0, 0.05) is 11.9 Å². The van der Waals surface area contributed by atoms with Gasteiger partial charge in [-0.05, 0) is 49.6 Å². The Bertz CT molecular complexity index is 992. The fourth-order valence-electron chi connectivity index (χ4n) is 2.93. The summed E-state index contributed by atoms with van der Waals surface area (Å²) in [5.41, 5.74) is 3.97. The van der Waals surface area contributed by atoms with Crippen molar-refractivity contribution in [2.45, 2.75) is 33.6 Å². The highest BCUT2D eigenvalue weighted by molar-refractivity contribution is 6.05. The van der Waals surface area contributed by atoms with Gasteiger partial charge in [0.25, 0.3) is 5.91 Å². The molecule has 0 bridgehead atoms. The highest BCUT2D eigenvalue weighted by atomic mass is 16.5. The number of amides is 1. The lowest BCUT2D eigenvalue weighted by atomic mass is 10.2. The Labute approximate surface area is 158 Å². The molecule has 0 saturated carbocycles. The van der Waals surface area contributed by atoms with Gasteiger partial charge in [-0.3, -0.25) is 9.20 Å². The largest absolute Gasteiger partial charge is 0.462 e. The Morgan fingerprint density at radius 1 is 1.19 bits per heavy atom. The van der Waals surface area contributed by atoms with Crippen molar-refractivity contribution in [3.05, 3.63) is 65.1 Å². The number of nitrogens with zero attached hydrogens (tertiary/aromatic N) is 2. The fourth-order valence-corrected chi connectivity index (χ4v) is 2.93. The Balaban J connectivity index is 1.89. The van der Waals surface area contributed by atoms with Crippen molar-refractivity contribution < 1.29 is 14.3 Å². The van der Waals surface area contributed by atoms with Gasteiger partial charge in [-0.25, -0.2) is 9.78 Å².